The molecular formula is C25H29N5O4. The molecule has 1 unspecified atom stereocenters. The Kier molecular flexibility index (Phi) is 7.02. The quantitative estimate of drug-likeness (QED) is 0.392. The molecule has 0 spiro atoms. The van der Waals surface area contributed by atoms with Gasteiger partial charge in [0.2, 0.25) is 0 Å². The van der Waals surface area contributed by atoms with Crippen LogP contribution in [0.5, 0.6) is 0 Å². The molecule has 1 fully saturated rings. The summed E-state index contributed by atoms with van der Waals surface area (Å²) < 4.78 is 1.81. The third-order valence-electron chi connectivity index (χ3n) is 6.39. The number of nitro benzene ring substituents is 1. The first kappa shape index (κ1) is 23.6. The molecule has 9 nitrogen and oxygen atoms in total. The monoisotopic (exact) mass is 463 g/mol. The van der Waals surface area contributed by atoms with Crippen LogP contribution in [0.15, 0.2) is 53.3 Å². The number of nitro groups is 1. The van der Waals surface area contributed by atoms with Crippen LogP contribution in [0.4, 0.5) is 5.69 Å². The molecule has 1 aliphatic rings. The normalized spacial score (nSPS) is 15.4. The highest BCUT2D eigenvalue weighted by Gasteiger charge is 2.29. The zero-order valence-corrected chi connectivity index (χ0v) is 19.5. The third kappa shape index (κ3) is 4.56. The van der Waals surface area contributed by atoms with Crippen LogP contribution < -0.4 is 5.56 Å². The van der Waals surface area contributed by atoms with Gasteiger partial charge in [0.25, 0.3) is 17.2 Å². The van der Waals surface area contributed by atoms with E-state index in [2.05, 4.69) is 18.7 Å². The number of benzene rings is 2. The molecule has 1 amide bonds. The first-order chi connectivity index (χ1) is 16.4. The SMILES string of the molecule is CCCn1c(C(CC)N2CCN(C(=O)c3ccc([N+](=O)[O-])cc3)CC2)nc2ccccc2c1=O. The summed E-state index contributed by atoms with van der Waals surface area (Å²) in [4.78, 5) is 45.5. The summed E-state index contributed by atoms with van der Waals surface area (Å²) >= 11 is 0. The van der Waals surface area contributed by atoms with Crippen molar-refractivity contribution < 1.29 is 9.72 Å². The van der Waals surface area contributed by atoms with E-state index in [0.29, 0.717) is 49.2 Å². The van der Waals surface area contributed by atoms with Crippen molar-refractivity contribution in [1.29, 1.82) is 0 Å². The van der Waals surface area contributed by atoms with E-state index in [1.54, 1.807) is 4.90 Å². The van der Waals surface area contributed by atoms with Crippen LogP contribution in [-0.4, -0.2) is 56.4 Å². The maximum Gasteiger partial charge on any atom is 0.269 e. The Morgan fingerprint density at radius 1 is 1.06 bits per heavy atom. The van der Waals surface area contributed by atoms with E-state index in [0.717, 1.165) is 18.7 Å². The number of para-hydroxylation sites is 1. The highest BCUT2D eigenvalue weighted by molar-refractivity contribution is 5.94. The number of non-ortho nitro benzene ring substituents is 1. The van der Waals surface area contributed by atoms with Gasteiger partial charge < -0.3 is 4.90 Å². The van der Waals surface area contributed by atoms with Crippen molar-refractivity contribution in [2.75, 3.05) is 26.2 Å². The van der Waals surface area contributed by atoms with Gasteiger partial charge in [-0.1, -0.05) is 26.0 Å². The predicted molar refractivity (Wildman–Crippen MR) is 130 cm³/mol. The molecule has 9 heteroatoms. The maximum atomic E-state index is 13.2. The number of amides is 1. The minimum atomic E-state index is -0.475. The molecule has 2 heterocycles. The minimum absolute atomic E-state index is 0.00659. The summed E-state index contributed by atoms with van der Waals surface area (Å²) in [6.07, 6.45) is 1.63. The summed E-state index contributed by atoms with van der Waals surface area (Å²) in [6.45, 7) is 7.15. The van der Waals surface area contributed by atoms with Crippen molar-refractivity contribution in [2.45, 2.75) is 39.3 Å². The molecule has 1 saturated heterocycles. The van der Waals surface area contributed by atoms with Crippen molar-refractivity contribution >= 4 is 22.5 Å². The zero-order chi connectivity index (χ0) is 24.2. The lowest BCUT2D eigenvalue weighted by molar-refractivity contribution is -0.384. The van der Waals surface area contributed by atoms with Crippen LogP contribution in [0.3, 0.4) is 0 Å². The summed E-state index contributed by atoms with van der Waals surface area (Å²) in [7, 11) is 0. The number of rotatable bonds is 7. The number of fused-ring (bicyclic) bond motifs is 1. The average Bonchev–Trinajstić information content (AvgIpc) is 2.87. The van der Waals surface area contributed by atoms with Gasteiger partial charge in [0.1, 0.15) is 5.82 Å². The van der Waals surface area contributed by atoms with E-state index in [4.69, 9.17) is 4.98 Å². The number of carbonyl (C=O) groups is 1. The van der Waals surface area contributed by atoms with Gasteiger partial charge in [0.15, 0.2) is 0 Å². The van der Waals surface area contributed by atoms with E-state index in [-0.39, 0.29) is 23.2 Å². The predicted octanol–water partition coefficient (Wildman–Crippen LogP) is 3.62. The molecule has 1 aliphatic heterocycles. The second-order valence-corrected chi connectivity index (χ2v) is 8.50. The lowest BCUT2D eigenvalue weighted by atomic mass is 10.1. The van der Waals surface area contributed by atoms with Gasteiger partial charge >= 0.3 is 0 Å². The molecule has 178 valence electrons. The molecule has 0 bridgehead atoms. The molecule has 0 saturated carbocycles. The molecule has 0 aliphatic carbocycles. The highest BCUT2D eigenvalue weighted by atomic mass is 16.6. The number of hydrogen-bond acceptors (Lipinski definition) is 6. The Morgan fingerprint density at radius 3 is 2.35 bits per heavy atom. The van der Waals surface area contributed by atoms with Crippen molar-refractivity contribution in [3.8, 4) is 0 Å². The van der Waals surface area contributed by atoms with Crippen LogP contribution in [0, 0.1) is 10.1 Å². The van der Waals surface area contributed by atoms with Gasteiger partial charge in [-0.3, -0.25) is 29.2 Å². The summed E-state index contributed by atoms with van der Waals surface area (Å²) in [5, 5.41) is 11.5. The van der Waals surface area contributed by atoms with E-state index in [1.807, 2.05) is 28.8 Å². The number of aromatic nitrogens is 2. The number of nitrogens with zero attached hydrogens (tertiary/aromatic N) is 5. The first-order valence-electron chi connectivity index (χ1n) is 11.7. The second-order valence-electron chi connectivity index (χ2n) is 8.50. The molecule has 1 aromatic heterocycles. The second kappa shape index (κ2) is 10.1. The van der Waals surface area contributed by atoms with Crippen LogP contribution in [0.25, 0.3) is 10.9 Å². The van der Waals surface area contributed by atoms with E-state index >= 15 is 0 Å². The minimum Gasteiger partial charge on any atom is -0.336 e. The van der Waals surface area contributed by atoms with Crippen molar-refractivity contribution in [3.63, 3.8) is 0 Å². The lowest BCUT2D eigenvalue weighted by Crippen LogP contribution is -2.50. The highest BCUT2D eigenvalue weighted by Crippen LogP contribution is 2.26. The number of carbonyl (C=O) groups excluding carboxylic acids is 1. The van der Waals surface area contributed by atoms with Crippen molar-refractivity contribution in [3.05, 3.63) is 80.4 Å². The molecular weight excluding hydrogens is 434 g/mol. The smallest absolute Gasteiger partial charge is 0.269 e. The average molecular weight is 464 g/mol. The largest absolute Gasteiger partial charge is 0.336 e. The molecule has 34 heavy (non-hydrogen) atoms. The Morgan fingerprint density at radius 2 is 1.74 bits per heavy atom. The van der Waals surface area contributed by atoms with E-state index in [9.17, 15) is 19.7 Å². The zero-order valence-electron chi connectivity index (χ0n) is 19.5. The van der Waals surface area contributed by atoms with Gasteiger partial charge in [0, 0.05) is 50.4 Å². The molecule has 0 N–H and O–H groups in total. The topological polar surface area (TPSA) is 102 Å². The summed E-state index contributed by atoms with van der Waals surface area (Å²) in [5.74, 6) is 0.650. The Bertz CT molecular complexity index is 1250. The fraction of sp³-hybridized carbons (Fsp3) is 0.400. The fourth-order valence-electron chi connectivity index (χ4n) is 4.63. The van der Waals surface area contributed by atoms with E-state index < -0.39 is 4.92 Å². The molecule has 0 radical (unpaired) electrons. The number of piperazine rings is 1. The molecule has 1 atom stereocenters. The Hall–Kier alpha value is -3.59. The van der Waals surface area contributed by atoms with Gasteiger partial charge in [-0.25, -0.2) is 4.98 Å². The van der Waals surface area contributed by atoms with Crippen LogP contribution in [-0.2, 0) is 6.54 Å². The third-order valence-corrected chi connectivity index (χ3v) is 6.39. The van der Waals surface area contributed by atoms with Gasteiger partial charge in [0.05, 0.1) is 21.9 Å². The van der Waals surface area contributed by atoms with Gasteiger partial charge in [-0.2, -0.15) is 0 Å². The summed E-state index contributed by atoms with van der Waals surface area (Å²) in [6, 6.07) is 13.2. The fourth-order valence-corrected chi connectivity index (χ4v) is 4.63. The lowest BCUT2D eigenvalue weighted by Gasteiger charge is -2.39. The Labute approximate surface area is 197 Å². The van der Waals surface area contributed by atoms with Crippen LogP contribution in [0.2, 0.25) is 0 Å². The Balaban J connectivity index is 1.54. The maximum absolute atomic E-state index is 13.2. The number of hydrogen-bond donors (Lipinski definition) is 0. The molecule has 3 aromatic rings. The van der Waals surface area contributed by atoms with E-state index in [1.165, 1.54) is 24.3 Å². The van der Waals surface area contributed by atoms with Crippen LogP contribution in [0.1, 0.15) is 48.9 Å². The van der Waals surface area contributed by atoms with Gasteiger partial charge in [-0.05, 0) is 37.1 Å². The molecule has 2 aromatic carbocycles. The van der Waals surface area contributed by atoms with Gasteiger partial charge in [-0.15, -0.1) is 0 Å². The standard InChI is InChI=1S/C25H29N5O4/c1-3-13-29-23(26-21-8-6-5-7-20(21)25(29)32)22(4-2)27-14-16-28(17-15-27)24(31)18-9-11-19(12-10-18)30(33)34/h5-12,22H,3-4,13-17H2,1-2H3. The summed E-state index contributed by atoms with van der Waals surface area (Å²) in [5.41, 5.74) is 1.11. The molecule has 4 rings (SSSR count). The van der Waals surface area contributed by atoms with Crippen molar-refractivity contribution in [1.82, 2.24) is 19.4 Å². The van der Waals surface area contributed by atoms with Crippen LogP contribution >= 0.6 is 0 Å². The van der Waals surface area contributed by atoms with Crippen molar-refractivity contribution in [2.24, 2.45) is 0 Å². The first-order valence-corrected chi connectivity index (χ1v) is 11.7.